The van der Waals surface area contributed by atoms with Crippen LogP contribution in [0.3, 0.4) is 0 Å². The van der Waals surface area contributed by atoms with Gasteiger partial charge in [-0.2, -0.15) is 0 Å². The second-order valence-electron chi connectivity index (χ2n) is 4.73. The van der Waals surface area contributed by atoms with E-state index in [4.69, 9.17) is 5.73 Å². The van der Waals surface area contributed by atoms with Crippen LogP contribution < -0.4 is 5.73 Å². The minimum atomic E-state index is 0.412. The largest absolute Gasteiger partial charge is 0.403 e. The van der Waals surface area contributed by atoms with Crippen LogP contribution in [0.4, 0.5) is 0 Å². The highest BCUT2D eigenvalue weighted by atomic mass is 14.6. The fourth-order valence-corrected chi connectivity index (χ4v) is 1.57. The normalized spacial score (nSPS) is 14.5. The smallest absolute Gasteiger partial charge is 0.00101 e. The lowest BCUT2D eigenvalue weighted by Crippen LogP contribution is -2.12. The Balaban J connectivity index is 3.69. The molecule has 0 aliphatic rings. The predicted octanol–water partition coefficient (Wildman–Crippen LogP) is 2.92. The zero-order chi connectivity index (χ0) is 9.07. The second-order valence-corrected chi connectivity index (χ2v) is 4.73. The molecule has 66 valence electrons. The van der Waals surface area contributed by atoms with Gasteiger partial charge in [0.05, 0.1) is 0 Å². The van der Waals surface area contributed by atoms with Crippen molar-refractivity contribution in [2.24, 2.45) is 17.1 Å². The van der Waals surface area contributed by atoms with E-state index in [1.54, 1.807) is 0 Å². The van der Waals surface area contributed by atoms with Gasteiger partial charge in [-0.15, -0.1) is 0 Å². The molecule has 0 aromatic carbocycles. The van der Waals surface area contributed by atoms with Crippen molar-refractivity contribution in [2.75, 3.05) is 0 Å². The van der Waals surface area contributed by atoms with E-state index in [9.17, 15) is 0 Å². The monoisotopic (exact) mass is 155 g/mol. The third-order valence-corrected chi connectivity index (χ3v) is 1.57. The minimum Gasteiger partial charge on any atom is -0.403 e. The zero-order valence-corrected chi connectivity index (χ0v) is 8.28. The quantitative estimate of drug-likeness (QED) is 0.666. The van der Waals surface area contributed by atoms with E-state index < -0.39 is 0 Å². The molecule has 0 aromatic heterocycles. The average Bonchev–Trinajstić information content (AvgIpc) is 1.53. The molecule has 0 bridgehead atoms. The van der Waals surface area contributed by atoms with Crippen LogP contribution >= 0.6 is 0 Å². The molecule has 0 amide bonds. The van der Waals surface area contributed by atoms with Crippen LogP contribution in [0.15, 0.2) is 12.3 Å². The maximum absolute atomic E-state index is 5.52. The van der Waals surface area contributed by atoms with Gasteiger partial charge in [0.2, 0.25) is 0 Å². The summed E-state index contributed by atoms with van der Waals surface area (Å²) >= 11 is 0. The van der Waals surface area contributed by atoms with Gasteiger partial charge in [0.15, 0.2) is 0 Å². The summed E-state index contributed by atoms with van der Waals surface area (Å²) in [6, 6.07) is 0. The first-order valence-electron chi connectivity index (χ1n) is 4.24. The van der Waals surface area contributed by atoms with E-state index in [2.05, 4.69) is 34.3 Å². The number of allylic oxidation sites excluding steroid dienone is 1. The van der Waals surface area contributed by atoms with Gasteiger partial charge in [0.25, 0.3) is 0 Å². The SMILES string of the molecule is C=C(N)CC(C)CC(C)(C)C. The van der Waals surface area contributed by atoms with Crippen molar-refractivity contribution in [1.29, 1.82) is 0 Å². The Morgan fingerprint density at radius 1 is 1.45 bits per heavy atom. The van der Waals surface area contributed by atoms with Crippen molar-refractivity contribution in [1.82, 2.24) is 0 Å². The van der Waals surface area contributed by atoms with Gasteiger partial charge in [-0.05, 0) is 24.2 Å². The topological polar surface area (TPSA) is 26.0 Å². The van der Waals surface area contributed by atoms with Gasteiger partial charge < -0.3 is 5.73 Å². The standard InChI is InChI=1S/C10H21N/c1-8(6-9(2)11)7-10(3,4)5/h8H,2,6-7,11H2,1,3-5H3. The predicted molar refractivity (Wildman–Crippen MR) is 51.2 cm³/mol. The molecule has 0 fully saturated rings. The minimum absolute atomic E-state index is 0.412. The third kappa shape index (κ3) is 7.44. The first-order chi connectivity index (χ1) is 4.81. The second kappa shape index (κ2) is 3.80. The van der Waals surface area contributed by atoms with Gasteiger partial charge in [0, 0.05) is 5.70 Å². The molecule has 0 spiro atoms. The molecule has 0 aromatic rings. The summed E-state index contributed by atoms with van der Waals surface area (Å²) in [5, 5.41) is 0. The lowest BCUT2D eigenvalue weighted by atomic mass is 9.84. The van der Waals surface area contributed by atoms with Crippen LogP contribution in [0.1, 0.15) is 40.5 Å². The van der Waals surface area contributed by atoms with Gasteiger partial charge in [-0.3, -0.25) is 0 Å². The molecule has 0 rings (SSSR count). The van der Waals surface area contributed by atoms with E-state index in [0.717, 1.165) is 12.1 Å². The third-order valence-electron chi connectivity index (χ3n) is 1.57. The van der Waals surface area contributed by atoms with Crippen LogP contribution in [-0.4, -0.2) is 0 Å². The first-order valence-corrected chi connectivity index (χ1v) is 4.24. The van der Waals surface area contributed by atoms with E-state index in [-0.39, 0.29) is 0 Å². The lowest BCUT2D eigenvalue weighted by molar-refractivity contribution is 0.305. The molecule has 1 atom stereocenters. The molecule has 1 unspecified atom stereocenters. The van der Waals surface area contributed by atoms with Crippen LogP contribution in [0.2, 0.25) is 0 Å². The maximum atomic E-state index is 5.52. The van der Waals surface area contributed by atoms with E-state index in [1.807, 2.05) is 0 Å². The van der Waals surface area contributed by atoms with Gasteiger partial charge >= 0.3 is 0 Å². The Morgan fingerprint density at radius 2 is 1.91 bits per heavy atom. The molecule has 0 radical (unpaired) electrons. The fourth-order valence-electron chi connectivity index (χ4n) is 1.57. The molecular formula is C10H21N. The van der Waals surface area contributed by atoms with E-state index in [0.29, 0.717) is 11.3 Å². The summed E-state index contributed by atoms with van der Waals surface area (Å²) in [5.41, 5.74) is 6.74. The molecule has 0 saturated heterocycles. The fraction of sp³-hybridized carbons (Fsp3) is 0.800. The van der Waals surface area contributed by atoms with Crippen molar-refractivity contribution in [3.63, 3.8) is 0 Å². The van der Waals surface area contributed by atoms with E-state index >= 15 is 0 Å². The van der Waals surface area contributed by atoms with Crippen molar-refractivity contribution in [3.05, 3.63) is 12.3 Å². The number of rotatable bonds is 3. The number of hydrogen-bond donors (Lipinski definition) is 1. The summed E-state index contributed by atoms with van der Waals surface area (Å²) in [6.07, 6.45) is 2.17. The molecule has 0 saturated carbocycles. The molecule has 1 nitrogen and oxygen atoms in total. The Kier molecular flexibility index (Phi) is 3.64. The maximum Gasteiger partial charge on any atom is 0.00101 e. The molecule has 0 heterocycles. The zero-order valence-electron chi connectivity index (χ0n) is 8.28. The number of nitrogens with two attached hydrogens (primary N) is 1. The van der Waals surface area contributed by atoms with Crippen LogP contribution in [0, 0.1) is 11.3 Å². The summed E-state index contributed by atoms with van der Waals surface area (Å²) in [6.45, 7) is 12.7. The van der Waals surface area contributed by atoms with E-state index in [1.165, 1.54) is 6.42 Å². The highest BCUT2D eigenvalue weighted by Crippen LogP contribution is 2.26. The summed E-state index contributed by atoms with van der Waals surface area (Å²) < 4.78 is 0. The highest BCUT2D eigenvalue weighted by molar-refractivity contribution is 4.88. The molecule has 1 heteroatoms. The lowest BCUT2D eigenvalue weighted by Gasteiger charge is -2.22. The van der Waals surface area contributed by atoms with Gasteiger partial charge in [-0.1, -0.05) is 34.3 Å². The molecular weight excluding hydrogens is 134 g/mol. The van der Waals surface area contributed by atoms with Crippen molar-refractivity contribution in [2.45, 2.75) is 40.5 Å². The first kappa shape index (κ1) is 10.5. The molecule has 0 aliphatic carbocycles. The highest BCUT2D eigenvalue weighted by Gasteiger charge is 2.14. The Morgan fingerprint density at radius 3 is 2.18 bits per heavy atom. The van der Waals surface area contributed by atoms with Crippen molar-refractivity contribution >= 4 is 0 Å². The number of hydrogen-bond acceptors (Lipinski definition) is 1. The van der Waals surface area contributed by atoms with Gasteiger partial charge in [0.1, 0.15) is 0 Å². The molecule has 11 heavy (non-hydrogen) atoms. The average molecular weight is 155 g/mol. The Hall–Kier alpha value is -0.460. The molecule has 0 aliphatic heterocycles. The Labute approximate surface area is 70.7 Å². The summed E-state index contributed by atoms with van der Waals surface area (Å²) in [7, 11) is 0. The molecule has 2 N–H and O–H groups in total. The van der Waals surface area contributed by atoms with Crippen LogP contribution in [0.25, 0.3) is 0 Å². The summed E-state index contributed by atoms with van der Waals surface area (Å²) in [4.78, 5) is 0. The Bertz CT molecular complexity index is 130. The van der Waals surface area contributed by atoms with Gasteiger partial charge in [-0.25, -0.2) is 0 Å². The van der Waals surface area contributed by atoms with Crippen molar-refractivity contribution < 1.29 is 0 Å². The van der Waals surface area contributed by atoms with Crippen LogP contribution in [-0.2, 0) is 0 Å². The summed E-state index contributed by atoms with van der Waals surface area (Å²) in [5.74, 6) is 0.660. The van der Waals surface area contributed by atoms with Crippen molar-refractivity contribution in [3.8, 4) is 0 Å². The van der Waals surface area contributed by atoms with Crippen LogP contribution in [0.5, 0.6) is 0 Å².